The summed E-state index contributed by atoms with van der Waals surface area (Å²) in [6, 6.07) is 0.255. The van der Waals surface area contributed by atoms with Gasteiger partial charge in [-0.15, -0.1) is 5.10 Å². The molecule has 26 heavy (non-hydrogen) atoms. The molecule has 4 rings (SSSR count). The van der Waals surface area contributed by atoms with E-state index in [1.807, 2.05) is 4.90 Å². The minimum atomic E-state index is -3.21. The molecule has 1 amide bonds. The van der Waals surface area contributed by atoms with Crippen LogP contribution in [0.3, 0.4) is 0 Å². The van der Waals surface area contributed by atoms with Gasteiger partial charge >= 0.3 is 6.01 Å². The lowest BCUT2D eigenvalue weighted by Crippen LogP contribution is -2.59. The maximum atomic E-state index is 13.0. The van der Waals surface area contributed by atoms with E-state index in [0.29, 0.717) is 18.9 Å². The van der Waals surface area contributed by atoms with Gasteiger partial charge in [-0.05, 0) is 44.9 Å². The highest BCUT2D eigenvalue weighted by Crippen LogP contribution is 2.36. The van der Waals surface area contributed by atoms with E-state index in [1.165, 1.54) is 11.8 Å². The van der Waals surface area contributed by atoms with Gasteiger partial charge in [-0.1, -0.05) is 0 Å². The van der Waals surface area contributed by atoms with Gasteiger partial charge < -0.3 is 9.64 Å². The van der Waals surface area contributed by atoms with E-state index >= 15 is 0 Å². The van der Waals surface area contributed by atoms with E-state index in [2.05, 4.69) is 14.8 Å². The molecule has 2 saturated heterocycles. The van der Waals surface area contributed by atoms with Crippen molar-refractivity contribution in [1.29, 1.82) is 0 Å². The zero-order chi connectivity index (χ0) is 18.5. The average molecular weight is 383 g/mol. The van der Waals surface area contributed by atoms with Crippen LogP contribution >= 0.6 is 0 Å². The first kappa shape index (κ1) is 17.7. The highest BCUT2D eigenvalue weighted by atomic mass is 32.2. The first-order chi connectivity index (χ1) is 12.4. The van der Waals surface area contributed by atoms with Crippen molar-refractivity contribution < 1.29 is 17.9 Å². The van der Waals surface area contributed by atoms with Crippen molar-refractivity contribution in [3.63, 3.8) is 0 Å². The van der Waals surface area contributed by atoms with Crippen LogP contribution in [0, 0.1) is 0 Å². The smallest absolute Gasteiger partial charge is 0.314 e. The van der Waals surface area contributed by atoms with Crippen LogP contribution in [0.2, 0.25) is 0 Å². The van der Waals surface area contributed by atoms with Crippen molar-refractivity contribution >= 4 is 15.9 Å². The number of sulfonamides is 1. The van der Waals surface area contributed by atoms with Gasteiger partial charge in [-0.3, -0.25) is 4.79 Å². The minimum Gasteiger partial charge on any atom is -0.467 e. The van der Waals surface area contributed by atoms with Crippen LogP contribution in [0.4, 0.5) is 0 Å². The molecule has 0 aromatic carbocycles. The highest BCUT2D eigenvalue weighted by molar-refractivity contribution is 7.90. The molecule has 3 fully saturated rings. The number of hydrogen-bond acceptors (Lipinski definition) is 6. The number of ether oxygens (including phenoxy) is 1. The number of aryl methyl sites for hydroxylation is 1. The van der Waals surface area contributed by atoms with E-state index in [1.54, 1.807) is 7.05 Å². The predicted octanol–water partition coefficient (Wildman–Crippen LogP) is 0.431. The summed E-state index contributed by atoms with van der Waals surface area (Å²) in [4.78, 5) is 19.0. The first-order valence-electron chi connectivity index (χ1n) is 9.18. The van der Waals surface area contributed by atoms with Gasteiger partial charge in [-0.2, -0.15) is 4.98 Å². The Bertz CT molecular complexity index is 790. The predicted molar refractivity (Wildman–Crippen MR) is 93.3 cm³/mol. The summed E-state index contributed by atoms with van der Waals surface area (Å²) in [6.07, 6.45) is 5.64. The Balaban J connectivity index is 1.50. The number of methoxy groups -OCH3 is 1. The lowest BCUT2D eigenvalue weighted by molar-refractivity contribution is 0.0217. The Morgan fingerprint density at radius 1 is 1.19 bits per heavy atom. The number of nitrogens with one attached hydrogen (secondary N) is 1. The monoisotopic (exact) mass is 383 g/mol. The second kappa shape index (κ2) is 6.49. The molecular formula is C16H25N5O4S. The first-order valence-corrected chi connectivity index (χ1v) is 10.7. The van der Waals surface area contributed by atoms with Gasteiger partial charge in [0.05, 0.1) is 12.4 Å². The quantitative estimate of drug-likeness (QED) is 0.790. The number of fused-ring (bicyclic) bond motifs is 2. The van der Waals surface area contributed by atoms with Crippen LogP contribution in [0.15, 0.2) is 0 Å². The lowest BCUT2D eigenvalue weighted by Gasteiger charge is -2.48. The maximum Gasteiger partial charge on any atom is 0.314 e. The molecule has 144 valence electrons. The highest BCUT2D eigenvalue weighted by Gasteiger charge is 2.45. The second-order valence-corrected chi connectivity index (χ2v) is 9.52. The Labute approximate surface area is 153 Å². The summed E-state index contributed by atoms with van der Waals surface area (Å²) in [6.45, 7) is 0. The van der Waals surface area contributed by atoms with Gasteiger partial charge in [0.2, 0.25) is 15.8 Å². The molecule has 1 aromatic heterocycles. The van der Waals surface area contributed by atoms with Gasteiger partial charge in [0.25, 0.3) is 5.91 Å². The number of nitrogens with zero attached hydrogens (tertiary/aromatic N) is 4. The molecule has 2 aliphatic heterocycles. The molecule has 1 unspecified atom stereocenters. The van der Waals surface area contributed by atoms with Crippen molar-refractivity contribution in [1.82, 2.24) is 24.4 Å². The van der Waals surface area contributed by atoms with Gasteiger partial charge in [0.1, 0.15) is 0 Å². The van der Waals surface area contributed by atoms with E-state index in [4.69, 9.17) is 4.74 Å². The number of hydrogen-bond donors (Lipinski definition) is 1. The van der Waals surface area contributed by atoms with Crippen molar-refractivity contribution in [2.75, 3.05) is 7.11 Å². The minimum absolute atomic E-state index is 0.0247. The second-order valence-electron chi connectivity index (χ2n) is 7.53. The number of rotatable bonds is 5. The van der Waals surface area contributed by atoms with Crippen molar-refractivity contribution in [2.24, 2.45) is 7.05 Å². The summed E-state index contributed by atoms with van der Waals surface area (Å²) in [7, 11) is -0.0378. The molecular weight excluding hydrogens is 358 g/mol. The summed E-state index contributed by atoms with van der Waals surface area (Å²) in [5.41, 5.74) is 0. The third-order valence-electron chi connectivity index (χ3n) is 5.60. The van der Waals surface area contributed by atoms with E-state index in [-0.39, 0.29) is 35.1 Å². The van der Waals surface area contributed by atoms with Gasteiger partial charge in [0.15, 0.2) is 0 Å². The standard InChI is InChI=1S/C16H25N5O4S/c1-20-16(25-2)17-14(18-20)15(22)21-11-4-3-5-12(21)9-10(8-11)19-26(23,24)13-6-7-13/h10-13,19H,3-9H2,1-2H3/t10?,11-,12+. The Hall–Kier alpha value is -1.68. The molecule has 10 heteroatoms. The van der Waals surface area contributed by atoms with Gasteiger partial charge in [-0.25, -0.2) is 17.8 Å². The van der Waals surface area contributed by atoms with Crippen LogP contribution in [-0.4, -0.2) is 64.5 Å². The Kier molecular flexibility index (Phi) is 4.42. The molecule has 1 aromatic rings. The van der Waals surface area contributed by atoms with E-state index in [9.17, 15) is 13.2 Å². The number of amides is 1. The zero-order valence-electron chi connectivity index (χ0n) is 15.1. The molecule has 3 aliphatic rings. The lowest BCUT2D eigenvalue weighted by atomic mass is 9.82. The topological polar surface area (TPSA) is 106 Å². The van der Waals surface area contributed by atoms with Crippen molar-refractivity contribution in [3.05, 3.63) is 5.82 Å². The summed E-state index contributed by atoms with van der Waals surface area (Å²) < 4.78 is 34.0. The van der Waals surface area contributed by atoms with Crippen LogP contribution in [0.25, 0.3) is 0 Å². The van der Waals surface area contributed by atoms with E-state index < -0.39 is 10.0 Å². The summed E-state index contributed by atoms with van der Waals surface area (Å²) in [5, 5.41) is 3.96. The summed E-state index contributed by atoms with van der Waals surface area (Å²) >= 11 is 0. The third-order valence-corrected chi connectivity index (χ3v) is 7.61. The average Bonchev–Trinajstić information content (AvgIpc) is 3.37. The summed E-state index contributed by atoms with van der Waals surface area (Å²) in [5.74, 6) is -0.0552. The molecule has 2 bridgehead atoms. The molecule has 1 saturated carbocycles. The Morgan fingerprint density at radius 2 is 1.85 bits per heavy atom. The fourth-order valence-corrected chi connectivity index (χ4v) is 5.88. The Morgan fingerprint density at radius 3 is 2.38 bits per heavy atom. The fourth-order valence-electron chi connectivity index (χ4n) is 4.27. The van der Waals surface area contributed by atoms with Gasteiger partial charge in [0, 0.05) is 25.2 Å². The number of aromatic nitrogens is 3. The molecule has 3 heterocycles. The zero-order valence-corrected chi connectivity index (χ0v) is 15.9. The largest absolute Gasteiger partial charge is 0.467 e. The maximum absolute atomic E-state index is 13.0. The van der Waals surface area contributed by atoms with Crippen LogP contribution in [-0.2, 0) is 17.1 Å². The SMILES string of the molecule is COc1nc(C(=O)N2[C@@H]3CCC[C@H]2CC(NS(=O)(=O)C2CC2)C3)nn1C. The number of carbonyl (C=O) groups excluding carboxylic acids is 1. The van der Waals surface area contributed by atoms with Crippen LogP contribution in [0.5, 0.6) is 6.01 Å². The molecule has 0 radical (unpaired) electrons. The molecule has 0 spiro atoms. The third kappa shape index (κ3) is 3.20. The van der Waals surface area contributed by atoms with Crippen molar-refractivity contribution in [2.45, 2.75) is 68.3 Å². The number of carbonyl (C=O) groups is 1. The van der Waals surface area contributed by atoms with Crippen LogP contribution in [0.1, 0.15) is 55.6 Å². The van der Waals surface area contributed by atoms with E-state index in [0.717, 1.165) is 32.1 Å². The molecule has 1 N–H and O–H groups in total. The molecule has 9 nitrogen and oxygen atoms in total. The van der Waals surface area contributed by atoms with Crippen LogP contribution < -0.4 is 9.46 Å². The van der Waals surface area contributed by atoms with Crippen molar-refractivity contribution in [3.8, 4) is 6.01 Å². The number of piperidine rings is 2. The molecule has 1 aliphatic carbocycles. The molecule has 3 atom stereocenters. The normalized spacial score (nSPS) is 28.8. The fraction of sp³-hybridized carbons (Fsp3) is 0.812.